The zero-order valence-corrected chi connectivity index (χ0v) is 15.0. The van der Waals surface area contributed by atoms with E-state index in [0.717, 1.165) is 21.3 Å². The third kappa shape index (κ3) is 3.01. The minimum Gasteiger partial charge on any atom is -0.345 e. The van der Waals surface area contributed by atoms with Gasteiger partial charge in [0.05, 0.1) is 0 Å². The Bertz CT molecular complexity index is 634. The van der Waals surface area contributed by atoms with Gasteiger partial charge in [-0.1, -0.05) is 64.3 Å². The molecule has 4 heteroatoms. The normalized spacial score (nSPS) is 10.0. The second kappa shape index (κ2) is 6.27. The summed E-state index contributed by atoms with van der Waals surface area (Å²) < 4.78 is 2.68. The number of aryl methyl sites for hydroxylation is 2. The summed E-state index contributed by atoms with van der Waals surface area (Å²) in [5, 5.41) is 0. The molecule has 1 radical (unpaired) electrons. The molecule has 0 amide bonds. The Morgan fingerprint density at radius 1 is 1.22 bits per heavy atom. The van der Waals surface area contributed by atoms with Crippen LogP contribution in [0.3, 0.4) is 0 Å². The molecule has 0 saturated heterocycles. The third-order valence-corrected chi connectivity index (χ3v) is 3.34. The molecule has 1 aromatic heterocycles. The molecule has 18 heavy (non-hydrogen) atoms. The first-order valence-corrected chi connectivity index (χ1v) is 6.15. The largest absolute Gasteiger partial charge is 0.345 e. The maximum Gasteiger partial charge on any atom is 0.197 e. The van der Waals surface area contributed by atoms with Gasteiger partial charge in [0.15, 0.2) is 5.56 Å². The van der Waals surface area contributed by atoms with Gasteiger partial charge >= 0.3 is 0 Å². The quantitative estimate of drug-likeness (QED) is 0.697. The Morgan fingerprint density at radius 3 is 2.50 bits per heavy atom. The average Bonchev–Trinajstić information content (AvgIpc) is 2.28. The van der Waals surface area contributed by atoms with E-state index in [1.165, 1.54) is 0 Å². The van der Waals surface area contributed by atoms with E-state index >= 15 is 0 Å². The number of pyridine rings is 1. The van der Waals surface area contributed by atoms with Crippen LogP contribution >= 0.6 is 15.9 Å². The van der Waals surface area contributed by atoms with Crippen molar-refractivity contribution >= 4 is 15.9 Å². The fourth-order valence-corrected chi connectivity index (χ4v) is 2.33. The number of benzene rings is 1. The van der Waals surface area contributed by atoms with Gasteiger partial charge in [-0.3, -0.25) is 4.79 Å². The molecule has 1 heterocycles. The van der Waals surface area contributed by atoms with Crippen LogP contribution in [0.25, 0.3) is 11.3 Å². The Morgan fingerprint density at radius 2 is 1.89 bits per heavy atom. The molecule has 0 aliphatic rings. The van der Waals surface area contributed by atoms with Crippen LogP contribution in [0.1, 0.15) is 11.1 Å². The van der Waals surface area contributed by atoms with E-state index in [2.05, 4.69) is 22.0 Å². The summed E-state index contributed by atoms with van der Waals surface area (Å²) in [6.45, 7) is 3.83. The monoisotopic (exact) mass is 379 g/mol. The standard InChI is InChI=1S/C14H13BrNO.Y/c1-9-4-7-13(16(3)14(9)17)12-6-5-11(15)8-10(12)2;/h4-6,8H,1-3H3;/q-1;. The molecule has 2 aromatic rings. The van der Waals surface area contributed by atoms with E-state index < -0.39 is 0 Å². The molecule has 0 spiro atoms. The predicted octanol–water partition coefficient (Wildman–Crippen LogP) is 3.23. The van der Waals surface area contributed by atoms with E-state index in [-0.39, 0.29) is 38.3 Å². The van der Waals surface area contributed by atoms with E-state index in [9.17, 15) is 4.79 Å². The van der Waals surface area contributed by atoms with Gasteiger partial charge in [0.25, 0.3) is 0 Å². The summed E-state index contributed by atoms with van der Waals surface area (Å²) in [4.78, 5) is 11.9. The molecule has 0 N–H and O–H groups in total. The Kier molecular flexibility index (Phi) is 5.51. The molecule has 0 unspecified atom stereocenters. The first kappa shape index (κ1) is 15.8. The fourth-order valence-electron chi connectivity index (χ4n) is 1.85. The zero-order chi connectivity index (χ0) is 12.6. The SMILES string of the molecule is Cc1cc(Br)ccc1-c1[c-]cc(C)c(=O)n1C.[Y]. The summed E-state index contributed by atoms with van der Waals surface area (Å²) in [6, 6.07) is 10.9. The Hall–Kier alpha value is -0.246. The number of halogens is 1. The summed E-state index contributed by atoms with van der Waals surface area (Å²) in [5.74, 6) is 0. The third-order valence-electron chi connectivity index (χ3n) is 2.85. The summed E-state index contributed by atoms with van der Waals surface area (Å²) in [6.07, 6.45) is 0. The molecular formula is C14H13BrNOY-. The topological polar surface area (TPSA) is 22.0 Å². The van der Waals surface area contributed by atoms with Gasteiger partial charge in [0, 0.05) is 44.2 Å². The van der Waals surface area contributed by atoms with E-state index in [0.29, 0.717) is 5.56 Å². The van der Waals surface area contributed by atoms with Crippen molar-refractivity contribution in [2.24, 2.45) is 7.05 Å². The first-order valence-electron chi connectivity index (χ1n) is 5.35. The minimum absolute atomic E-state index is 0. The zero-order valence-electron chi connectivity index (χ0n) is 10.6. The molecule has 0 saturated carbocycles. The maximum absolute atomic E-state index is 11.9. The number of rotatable bonds is 1. The number of hydrogen-bond donors (Lipinski definition) is 0. The average molecular weight is 380 g/mol. The first-order chi connectivity index (χ1) is 8.00. The van der Waals surface area contributed by atoms with Crippen molar-refractivity contribution in [2.75, 3.05) is 0 Å². The summed E-state index contributed by atoms with van der Waals surface area (Å²) in [5.41, 5.74) is 3.72. The summed E-state index contributed by atoms with van der Waals surface area (Å²) in [7, 11) is 1.78. The van der Waals surface area contributed by atoms with Gasteiger partial charge < -0.3 is 4.57 Å². The molecule has 0 aliphatic carbocycles. The van der Waals surface area contributed by atoms with Crippen LogP contribution in [0.4, 0.5) is 0 Å². The molecule has 1 aromatic carbocycles. The minimum atomic E-state index is 0. The molecular weight excluding hydrogens is 367 g/mol. The van der Waals surface area contributed by atoms with Crippen molar-refractivity contribution in [1.29, 1.82) is 0 Å². The molecule has 0 bridgehead atoms. The van der Waals surface area contributed by atoms with Crippen LogP contribution in [0.15, 0.2) is 33.5 Å². The van der Waals surface area contributed by atoms with Crippen molar-refractivity contribution in [3.63, 3.8) is 0 Å². The van der Waals surface area contributed by atoms with E-state index in [1.54, 1.807) is 24.6 Å². The van der Waals surface area contributed by atoms with Gasteiger partial charge in [0.1, 0.15) is 0 Å². The van der Waals surface area contributed by atoms with Crippen molar-refractivity contribution in [3.8, 4) is 11.3 Å². The van der Waals surface area contributed by atoms with E-state index in [1.807, 2.05) is 25.1 Å². The van der Waals surface area contributed by atoms with Gasteiger partial charge in [-0.25, -0.2) is 0 Å². The molecule has 2 rings (SSSR count). The second-order valence-electron chi connectivity index (χ2n) is 4.14. The Labute approximate surface area is 140 Å². The van der Waals surface area contributed by atoms with Crippen LogP contribution < -0.4 is 5.56 Å². The molecule has 2 nitrogen and oxygen atoms in total. The number of nitrogens with zero attached hydrogens (tertiary/aromatic N) is 1. The van der Waals surface area contributed by atoms with Gasteiger partial charge in [0.2, 0.25) is 0 Å². The van der Waals surface area contributed by atoms with Crippen molar-refractivity contribution in [1.82, 2.24) is 4.57 Å². The maximum atomic E-state index is 11.9. The van der Waals surface area contributed by atoms with Crippen molar-refractivity contribution in [3.05, 3.63) is 56.3 Å². The van der Waals surface area contributed by atoms with Crippen LogP contribution in [0, 0.1) is 19.9 Å². The molecule has 0 atom stereocenters. The fraction of sp³-hybridized carbons (Fsp3) is 0.214. The van der Waals surface area contributed by atoms with Gasteiger partial charge in [-0.05, 0) is 0 Å². The molecule has 0 aliphatic heterocycles. The number of aromatic nitrogens is 1. The van der Waals surface area contributed by atoms with Crippen molar-refractivity contribution in [2.45, 2.75) is 13.8 Å². The van der Waals surface area contributed by atoms with Gasteiger partial charge in [-0.15, -0.1) is 6.07 Å². The van der Waals surface area contributed by atoms with Gasteiger partial charge in [-0.2, -0.15) is 12.1 Å². The smallest absolute Gasteiger partial charge is 0.197 e. The second-order valence-corrected chi connectivity index (χ2v) is 5.06. The van der Waals surface area contributed by atoms with Crippen LogP contribution in [0.5, 0.6) is 0 Å². The van der Waals surface area contributed by atoms with Crippen molar-refractivity contribution < 1.29 is 32.7 Å². The summed E-state index contributed by atoms with van der Waals surface area (Å²) >= 11 is 3.43. The molecule has 91 valence electrons. The number of hydrogen-bond acceptors (Lipinski definition) is 1. The van der Waals surface area contributed by atoms with Crippen LogP contribution in [-0.2, 0) is 39.8 Å². The van der Waals surface area contributed by atoms with Crippen LogP contribution in [-0.4, -0.2) is 4.57 Å². The van der Waals surface area contributed by atoms with Crippen LogP contribution in [0.2, 0.25) is 0 Å². The Balaban J connectivity index is 0.00000162. The predicted molar refractivity (Wildman–Crippen MR) is 73.1 cm³/mol. The van der Waals surface area contributed by atoms with E-state index in [4.69, 9.17) is 0 Å². The molecule has 0 fully saturated rings.